The molecule has 0 saturated carbocycles. The Hall–Kier alpha value is -3.08. The average Bonchev–Trinajstić information content (AvgIpc) is 3.01. The maximum Gasteiger partial charge on any atom is 0.368 e. The van der Waals surface area contributed by atoms with E-state index in [1.54, 1.807) is 13.2 Å². The third kappa shape index (κ3) is 3.71. The van der Waals surface area contributed by atoms with Crippen LogP contribution in [0.3, 0.4) is 0 Å². The summed E-state index contributed by atoms with van der Waals surface area (Å²) in [5, 5.41) is 3.91. The molecule has 0 aromatic heterocycles. The molecule has 3 rings (SSSR count). The Balaban J connectivity index is 1.93. The van der Waals surface area contributed by atoms with Gasteiger partial charge in [0.05, 0.1) is 19.3 Å². The highest BCUT2D eigenvalue weighted by molar-refractivity contribution is 6.31. The Bertz CT molecular complexity index is 825. The zero-order valence-corrected chi connectivity index (χ0v) is 14.2. The first-order valence-corrected chi connectivity index (χ1v) is 8.10. The summed E-state index contributed by atoms with van der Waals surface area (Å²) in [7, 11) is 1.59. The minimum atomic E-state index is -0.468. The van der Waals surface area contributed by atoms with Gasteiger partial charge in [0, 0.05) is 5.56 Å². The molecule has 1 aliphatic heterocycles. The molecule has 0 amide bonds. The molecule has 0 atom stereocenters. The van der Waals surface area contributed by atoms with Crippen LogP contribution in [0.5, 0.6) is 11.5 Å². The van der Waals surface area contributed by atoms with E-state index in [1.165, 1.54) is 0 Å². The minimum absolute atomic E-state index is 0.412. The Labute approximate surface area is 146 Å². The SMILES string of the molecule is CCCOc1ccc(/C=C2\C(=O)ON=C2c2ccccc2)cc1OC. The lowest BCUT2D eigenvalue weighted by atomic mass is 10.0. The highest BCUT2D eigenvalue weighted by Crippen LogP contribution is 2.30. The molecule has 1 heterocycles. The van der Waals surface area contributed by atoms with E-state index in [0.29, 0.717) is 29.4 Å². The van der Waals surface area contributed by atoms with Crippen molar-refractivity contribution < 1.29 is 19.1 Å². The summed E-state index contributed by atoms with van der Waals surface area (Å²) in [4.78, 5) is 16.9. The molecule has 0 N–H and O–H groups in total. The van der Waals surface area contributed by atoms with E-state index in [0.717, 1.165) is 17.5 Å². The van der Waals surface area contributed by atoms with E-state index in [4.69, 9.17) is 14.3 Å². The molecular weight excluding hydrogens is 318 g/mol. The fraction of sp³-hybridized carbons (Fsp3) is 0.200. The lowest BCUT2D eigenvalue weighted by Gasteiger charge is -2.10. The Morgan fingerprint density at radius 2 is 1.92 bits per heavy atom. The molecule has 5 heteroatoms. The Morgan fingerprint density at radius 1 is 1.12 bits per heavy atom. The first-order chi connectivity index (χ1) is 12.2. The van der Waals surface area contributed by atoms with Crippen molar-refractivity contribution >= 4 is 17.8 Å². The molecule has 25 heavy (non-hydrogen) atoms. The van der Waals surface area contributed by atoms with Crippen molar-refractivity contribution in [1.82, 2.24) is 0 Å². The van der Waals surface area contributed by atoms with Crippen molar-refractivity contribution in [3.8, 4) is 11.5 Å². The van der Waals surface area contributed by atoms with Gasteiger partial charge in [0.25, 0.3) is 0 Å². The average molecular weight is 337 g/mol. The Kier molecular flexibility index (Phi) is 5.14. The zero-order valence-electron chi connectivity index (χ0n) is 14.2. The summed E-state index contributed by atoms with van der Waals surface area (Å²) in [5.41, 5.74) is 2.57. The minimum Gasteiger partial charge on any atom is -0.493 e. The molecule has 128 valence electrons. The summed E-state index contributed by atoms with van der Waals surface area (Å²) in [6.45, 7) is 2.66. The van der Waals surface area contributed by atoms with Gasteiger partial charge < -0.3 is 14.3 Å². The van der Waals surface area contributed by atoms with E-state index < -0.39 is 5.97 Å². The molecule has 2 aromatic rings. The van der Waals surface area contributed by atoms with Crippen LogP contribution in [0.2, 0.25) is 0 Å². The van der Waals surface area contributed by atoms with Crippen molar-refractivity contribution in [2.75, 3.05) is 13.7 Å². The fourth-order valence-corrected chi connectivity index (χ4v) is 2.49. The largest absolute Gasteiger partial charge is 0.493 e. The van der Waals surface area contributed by atoms with Gasteiger partial charge in [-0.3, -0.25) is 0 Å². The van der Waals surface area contributed by atoms with Crippen molar-refractivity contribution in [2.24, 2.45) is 5.16 Å². The molecule has 2 aromatic carbocycles. The third-order valence-electron chi connectivity index (χ3n) is 3.70. The zero-order chi connectivity index (χ0) is 17.6. The van der Waals surface area contributed by atoms with E-state index in [9.17, 15) is 4.79 Å². The standard InChI is InChI=1S/C20H19NO4/c1-3-11-24-17-10-9-14(13-18(17)23-2)12-16-19(21-25-20(16)22)15-7-5-4-6-8-15/h4-10,12-13H,3,11H2,1-2H3/b16-12-. The molecule has 1 aliphatic rings. The topological polar surface area (TPSA) is 57.1 Å². The molecule has 0 bridgehead atoms. The van der Waals surface area contributed by atoms with Crippen molar-refractivity contribution in [3.63, 3.8) is 0 Å². The number of benzene rings is 2. The number of nitrogens with zero attached hydrogens (tertiary/aromatic N) is 1. The molecule has 0 spiro atoms. The van der Waals surface area contributed by atoms with Crippen LogP contribution < -0.4 is 9.47 Å². The first kappa shape index (κ1) is 16.8. The number of ether oxygens (including phenoxy) is 2. The van der Waals surface area contributed by atoms with Crippen molar-refractivity contribution in [1.29, 1.82) is 0 Å². The molecule has 0 unspecified atom stereocenters. The van der Waals surface area contributed by atoms with Crippen LogP contribution >= 0.6 is 0 Å². The number of hydrogen-bond acceptors (Lipinski definition) is 5. The second kappa shape index (κ2) is 7.66. The van der Waals surface area contributed by atoms with E-state index >= 15 is 0 Å². The first-order valence-electron chi connectivity index (χ1n) is 8.10. The molecule has 0 fully saturated rings. The number of hydrogen-bond donors (Lipinski definition) is 0. The van der Waals surface area contributed by atoms with Crippen molar-refractivity contribution in [3.05, 3.63) is 65.2 Å². The summed E-state index contributed by atoms with van der Waals surface area (Å²) < 4.78 is 11.0. The Morgan fingerprint density at radius 3 is 2.64 bits per heavy atom. The van der Waals surface area contributed by atoms with E-state index in [2.05, 4.69) is 5.16 Å². The number of carbonyl (C=O) groups excluding carboxylic acids is 1. The number of rotatable bonds is 6. The van der Waals surface area contributed by atoms with E-state index in [1.807, 2.05) is 55.5 Å². The predicted molar refractivity (Wildman–Crippen MR) is 95.8 cm³/mol. The normalized spacial score (nSPS) is 15.0. The molecule has 0 radical (unpaired) electrons. The second-order valence-corrected chi connectivity index (χ2v) is 5.50. The second-order valence-electron chi connectivity index (χ2n) is 5.50. The highest BCUT2D eigenvalue weighted by atomic mass is 16.7. The number of carbonyl (C=O) groups is 1. The van der Waals surface area contributed by atoms with Crippen LogP contribution in [0.4, 0.5) is 0 Å². The smallest absolute Gasteiger partial charge is 0.368 e. The molecule has 0 saturated heterocycles. The van der Waals surface area contributed by atoms with Gasteiger partial charge in [0.1, 0.15) is 5.71 Å². The molecule has 5 nitrogen and oxygen atoms in total. The highest BCUT2D eigenvalue weighted by Gasteiger charge is 2.26. The van der Waals surface area contributed by atoms with Gasteiger partial charge in [-0.2, -0.15) is 0 Å². The maximum absolute atomic E-state index is 12.1. The van der Waals surface area contributed by atoms with Crippen LogP contribution in [0.15, 0.2) is 59.3 Å². The number of oxime groups is 1. The quantitative estimate of drug-likeness (QED) is 0.594. The third-order valence-corrected chi connectivity index (χ3v) is 3.70. The summed E-state index contributed by atoms with van der Waals surface area (Å²) >= 11 is 0. The molecule has 0 aliphatic carbocycles. The van der Waals surface area contributed by atoms with Gasteiger partial charge in [0.15, 0.2) is 11.5 Å². The number of methoxy groups -OCH3 is 1. The summed E-state index contributed by atoms with van der Waals surface area (Å²) in [5.74, 6) is 0.828. The lowest BCUT2D eigenvalue weighted by molar-refractivity contribution is -0.136. The van der Waals surface area contributed by atoms with Crippen LogP contribution in [-0.4, -0.2) is 25.4 Å². The van der Waals surface area contributed by atoms with Crippen LogP contribution in [0.1, 0.15) is 24.5 Å². The predicted octanol–water partition coefficient (Wildman–Crippen LogP) is 3.83. The van der Waals surface area contributed by atoms with Gasteiger partial charge in [-0.25, -0.2) is 4.79 Å². The molecular formula is C20H19NO4. The summed E-state index contributed by atoms with van der Waals surface area (Å²) in [6, 6.07) is 15.0. The van der Waals surface area contributed by atoms with Gasteiger partial charge >= 0.3 is 5.97 Å². The van der Waals surface area contributed by atoms with Crippen LogP contribution in [-0.2, 0) is 9.63 Å². The van der Waals surface area contributed by atoms with Crippen molar-refractivity contribution in [2.45, 2.75) is 13.3 Å². The summed E-state index contributed by atoms with van der Waals surface area (Å²) in [6.07, 6.45) is 2.66. The van der Waals surface area contributed by atoms with Gasteiger partial charge in [-0.05, 0) is 30.2 Å². The monoisotopic (exact) mass is 337 g/mol. The van der Waals surface area contributed by atoms with Gasteiger partial charge in [0.2, 0.25) is 0 Å². The van der Waals surface area contributed by atoms with E-state index in [-0.39, 0.29) is 0 Å². The van der Waals surface area contributed by atoms with Gasteiger partial charge in [-0.15, -0.1) is 0 Å². The fourth-order valence-electron chi connectivity index (χ4n) is 2.49. The van der Waals surface area contributed by atoms with Crippen LogP contribution in [0.25, 0.3) is 6.08 Å². The van der Waals surface area contributed by atoms with Gasteiger partial charge in [-0.1, -0.05) is 48.5 Å². The lowest BCUT2D eigenvalue weighted by Crippen LogP contribution is -2.06. The van der Waals surface area contributed by atoms with Crippen LogP contribution in [0, 0.1) is 0 Å². The maximum atomic E-state index is 12.1.